The van der Waals surface area contributed by atoms with Gasteiger partial charge in [0.05, 0.1) is 18.4 Å². The van der Waals surface area contributed by atoms with Gasteiger partial charge in [-0.25, -0.2) is 4.98 Å². The fraction of sp³-hybridized carbons (Fsp3) is 0.200. The highest BCUT2D eigenvalue weighted by molar-refractivity contribution is 7.93. The van der Waals surface area contributed by atoms with Gasteiger partial charge < -0.3 is 9.84 Å². The Morgan fingerprint density at radius 1 is 1.08 bits per heavy atom. The lowest BCUT2D eigenvalue weighted by molar-refractivity contribution is -0.0429. The van der Waals surface area contributed by atoms with Crippen molar-refractivity contribution in [3.05, 3.63) is 83.6 Å². The monoisotopic (exact) mass is 547 g/mol. The molecule has 12 heteroatoms. The van der Waals surface area contributed by atoms with E-state index in [-0.39, 0.29) is 23.8 Å². The van der Waals surface area contributed by atoms with Crippen molar-refractivity contribution >= 4 is 27.0 Å². The van der Waals surface area contributed by atoms with Crippen molar-refractivity contribution in [1.82, 2.24) is 9.97 Å². The topological polar surface area (TPSA) is 101 Å². The summed E-state index contributed by atoms with van der Waals surface area (Å²) in [5, 5.41) is 13.8. The molecule has 0 fully saturated rings. The standard InChI is InChI=1S/C25H20F3N3O4S2/c26-25(27,28)37(33,34)31-21-4-2-1-3-19(21)15-6-8-20-22(12-15)35-14-17(23(20)32)11-18-7-5-16(13-30-18)24-29-9-10-36-24/h1-10,12-13,17,23,31-32H,11,14H2. The normalized spacial score (nSPS) is 17.6. The molecule has 4 aromatic rings. The molecule has 2 N–H and O–H groups in total. The van der Waals surface area contributed by atoms with Crippen molar-refractivity contribution in [1.29, 1.82) is 0 Å². The van der Waals surface area contributed by atoms with E-state index in [4.69, 9.17) is 4.74 Å². The van der Waals surface area contributed by atoms with Crippen molar-refractivity contribution in [2.24, 2.45) is 5.92 Å². The van der Waals surface area contributed by atoms with Gasteiger partial charge in [-0.3, -0.25) is 9.71 Å². The quantitative estimate of drug-likeness (QED) is 0.334. The zero-order valence-electron chi connectivity index (χ0n) is 19.0. The van der Waals surface area contributed by atoms with Crippen LogP contribution in [-0.4, -0.2) is 35.6 Å². The lowest BCUT2D eigenvalue weighted by Gasteiger charge is -2.30. The number of benzene rings is 2. The summed E-state index contributed by atoms with van der Waals surface area (Å²) >= 11 is 1.52. The molecule has 0 bridgehead atoms. The van der Waals surface area contributed by atoms with E-state index in [0.29, 0.717) is 23.3 Å². The average Bonchev–Trinajstić information content (AvgIpc) is 3.41. The SMILES string of the molecule is O=S(=O)(Nc1ccccc1-c1ccc2c(c1)OCC(Cc1ccc(-c3nccs3)cn1)C2O)C(F)(F)F. The minimum atomic E-state index is -5.59. The third kappa shape index (κ3) is 5.17. The van der Waals surface area contributed by atoms with Gasteiger partial charge >= 0.3 is 15.5 Å². The van der Waals surface area contributed by atoms with Gasteiger partial charge in [-0.1, -0.05) is 30.3 Å². The van der Waals surface area contributed by atoms with Gasteiger partial charge in [0.25, 0.3) is 0 Å². The Hall–Kier alpha value is -3.48. The number of nitrogens with zero attached hydrogens (tertiary/aromatic N) is 2. The number of aromatic nitrogens is 2. The molecule has 2 aromatic carbocycles. The maximum Gasteiger partial charge on any atom is 0.516 e. The Kier molecular flexibility index (Phi) is 6.65. The number of hydrogen-bond acceptors (Lipinski definition) is 7. The highest BCUT2D eigenvalue weighted by Crippen LogP contribution is 2.41. The summed E-state index contributed by atoms with van der Waals surface area (Å²) < 4.78 is 69.5. The fourth-order valence-corrected chi connectivity index (χ4v) is 5.33. The molecular weight excluding hydrogens is 527 g/mol. The molecule has 192 valence electrons. The van der Waals surface area contributed by atoms with Crippen LogP contribution in [0.1, 0.15) is 17.4 Å². The number of sulfonamides is 1. The highest BCUT2D eigenvalue weighted by atomic mass is 32.2. The predicted octanol–water partition coefficient (Wildman–Crippen LogP) is 5.42. The molecule has 2 atom stereocenters. The first-order valence-corrected chi connectivity index (χ1v) is 13.5. The van der Waals surface area contributed by atoms with E-state index in [9.17, 15) is 26.7 Å². The number of nitrogens with one attached hydrogen (secondary N) is 1. The third-order valence-corrected chi connectivity index (χ3v) is 7.91. The van der Waals surface area contributed by atoms with E-state index < -0.39 is 21.6 Å². The largest absolute Gasteiger partial charge is 0.516 e. The molecular formula is C25H20F3N3O4S2. The molecule has 0 saturated heterocycles. The molecule has 0 spiro atoms. The van der Waals surface area contributed by atoms with Crippen LogP contribution in [-0.2, 0) is 16.4 Å². The Morgan fingerprint density at radius 2 is 1.86 bits per heavy atom. The summed E-state index contributed by atoms with van der Waals surface area (Å²) in [4.78, 5) is 8.76. The second-order valence-electron chi connectivity index (χ2n) is 8.44. The van der Waals surface area contributed by atoms with Crippen molar-refractivity contribution in [2.75, 3.05) is 11.3 Å². The van der Waals surface area contributed by atoms with Crippen molar-refractivity contribution in [2.45, 2.75) is 18.0 Å². The number of aliphatic hydroxyl groups is 1. The van der Waals surface area contributed by atoms with Gasteiger partial charge in [-0.2, -0.15) is 21.6 Å². The lowest BCUT2D eigenvalue weighted by atomic mass is 9.88. The van der Waals surface area contributed by atoms with Crippen LogP contribution in [0.25, 0.3) is 21.7 Å². The van der Waals surface area contributed by atoms with Crippen LogP contribution >= 0.6 is 11.3 Å². The van der Waals surface area contributed by atoms with Crippen molar-refractivity contribution in [3.8, 4) is 27.4 Å². The molecule has 0 amide bonds. The summed E-state index contributed by atoms with van der Waals surface area (Å²) in [5.41, 5.74) is -2.76. The molecule has 3 heterocycles. The number of anilines is 1. The lowest BCUT2D eigenvalue weighted by Crippen LogP contribution is -2.30. The van der Waals surface area contributed by atoms with Gasteiger partial charge in [0.2, 0.25) is 0 Å². The summed E-state index contributed by atoms with van der Waals surface area (Å²) in [6.45, 7) is 0.204. The maximum absolute atomic E-state index is 12.9. The van der Waals surface area contributed by atoms with Crippen molar-refractivity contribution < 1.29 is 31.4 Å². The number of para-hydroxylation sites is 1. The van der Waals surface area contributed by atoms with Crippen LogP contribution in [0.2, 0.25) is 0 Å². The molecule has 1 aliphatic rings. The molecule has 7 nitrogen and oxygen atoms in total. The highest BCUT2D eigenvalue weighted by Gasteiger charge is 2.46. The Labute approximate surface area is 214 Å². The molecule has 0 aliphatic carbocycles. The number of aliphatic hydroxyl groups excluding tert-OH is 1. The number of rotatable bonds is 6. The van der Waals surface area contributed by atoms with Crippen LogP contribution in [0, 0.1) is 5.92 Å². The number of halogens is 3. The van der Waals surface area contributed by atoms with Crippen molar-refractivity contribution in [3.63, 3.8) is 0 Å². The molecule has 1 aliphatic heterocycles. The number of ether oxygens (including phenoxy) is 1. The molecule has 2 unspecified atom stereocenters. The number of alkyl halides is 3. The number of pyridine rings is 1. The first kappa shape index (κ1) is 25.2. The van der Waals surface area contributed by atoms with Gasteiger partial charge in [0.1, 0.15) is 10.8 Å². The maximum atomic E-state index is 12.9. The Balaban J connectivity index is 1.35. The van der Waals surface area contributed by atoms with Crippen LogP contribution in [0.4, 0.5) is 18.9 Å². The minimum absolute atomic E-state index is 0.204. The van der Waals surface area contributed by atoms with Crippen LogP contribution in [0.15, 0.2) is 72.4 Å². The molecule has 0 saturated carbocycles. The fourth-order valence-electron chi connectivity index (χ4n) is 4.12. The minimum Gasteiger partial charge on any atom is -0.493 e. The smallest absolute Gasteiger partial charge is 0.493 e. The molecule has 0 radical (unpaired) electrons. The van der Waals surface area contributed by atoms with E-state index in [0.717, 1.165) is 16.3 Å². The van der Waals surface area contributed by atoms with E-state index in [1.54, 1.807) is 41.4 Å². The summed E-state index contributed by atoms with van der Waals surface area (Å²) in [5.74, 6) is 0.115. The predicted molar refractivity (Wildman–Crippen MR) is 133 cm³/mol. The Morgan fingerprint density at radius 3 is 2.57 bits per heavy atom. The van der Waals surface area contributed by atoms with Gasteiger partial charge in [0, 0.05) is 46.1 Å². The number of hydrogen-bond donors (Lipinski definition) is 2. The van der Waals surface area contributed by atoms with Crippen LogP contribution in [0.3, 0.4) is 0 Å². The van der Waals surface area contributed by atoms with Gasteiger partial charge in [-0.05, 0) is 36.2 Å². The number of fused-ring (bicyclic) bond motifs is 1. The average molecular weight is 548 g/mol. The van der Waals surface area contributed by atoms with E-state index >= 15 is 0 Å². The zero-order chi connectivity index (χ0) is 26.2. The first-order valence-electron chi connectivity index (χ1n) is 11.1. The van der Waals surface area contributed by atoms with Crippen LogP contribution in [0.5, 0.6) is 5.75 Å². The third-order valence-electron chi connectivity index (χ3n) is 5.99. The number of thiazole rings is 1. The first-order chi connectivity index (χ1) is 17.6. The molecule has 37 heavy (non-hydrogen) atoms. The second kappa shape index (κ2) is 9.77. The van der Waals surface area contributed by atoms with Gasteiger partial charge in [0.15, 0.2) is 0 Å². The summed E-state index contributed by atoms with van der Waals surface area (Å²) in [7, 11) is -5.59. The zero-order valence-corrected chi connectivity index (χ0v) is 20.6. The summed E-state index contributed by atoms with van der Waals surface area (Å²) in [6, 6.07) is 14.4. The van der Waals surface area contributed by atoms with Gasteiger partial charge in [-0.15, -0.1) is 11.3 Å². The van der Waals surface area contributed by atoms with E-state index in [1.807, 2.05) is 17.5 Å². The van der Waals surface area contributed by atoms with Crippen LogP contribution < -0.4 is 9.46 Å². The second-order valence-corrected chi connectivity index (χ2v) is 11.0. The molecule has 2 aromatic heterocycles. The molecule has 5 rings (SSSR count). The summed E-state index contributed by atoms with van der Waals surface area (Å²) in [6.07, 6.45) is 3.10. The van der Waals surface area contributed by atoms with E-state index in [2.05, 4.69) is 9.97 Å². The Bertz CT molecular complexity index is 1510. The van der Waals surface area contributed by atoms with E-state index in [1.165, 1.54) is 29.5 Å².